The number of halogens is 2. The van der Waals surface area contributed by atoms with Gasteiger partial charge in [0, 0.05) is 29.3 Å². The Morgan fingerprint density at radius 1 is 0.963 bits per heavy atom. The Morgan fingerprint density at radius 3 is 2.19 bits per heavy atom. The lowest BCUT2D eigenvalue weighted by atomic mass is 10.1. The Labute approximate surface area is 159 Å². The van der Waals surface area contributed by atoms with Crippen molar-refractivity contribution in [3.63, 3.8) is 0 Å². The van der Waals surface area contributed by atoms with E-state index >= 15 is 0 Å². The number of aromatic nitrogens is 2. The summed E-state index contributed by atoms with van der Waals surface area (Å²) in [6.45, 7) is 1.47. The van der Waals surface area contributed by atoms with Crippen molar-refractivity contribution in [2.24, 2.45) is 0 Å². The zero-order chi connectivity index (χ0) is 19.4. The van der Waals surface area contributed by atoms with Gasteiger partial charge in [0.2, 0.25) is 5.95 Å². The molecule has 6 nitrogen and oxygen atoms in total. The second-order valence-electron chi connectivity index (χ2n) is 5.64. The first-order valence-corrected chi connectivity index (χ1v) is 8.26. The molecule has 0 saturated heterocycles. The molecular formula is C19H14ClFN4O2. The smallest absolute Gasteiger partial charge is 0.258 e. The Balaban J connectivity index is 1.66. The van der Waals surface area contributed by atoms with Crippen LogP contribution in [0.5, 0.6) is 0 Å². The monoisotopic (exact) mass is 384 g/mol. The summed E-state index contributed by atoms with van der Waals surface area (Å²) in [4.78, 5) is 31.6. The largest absolute Gasteiger partial charge is 0.324 e. The van der Waals surface area contributed by atoms with Gasteiger partial charge < -0.3 is 10.6 Å². The van der Waals surface area contributed by atoms with E-state index in [1.54, 1.807) is 24.3 Å². The lowest BCUT2D eigenvalue weighted by Crippen LogP contribution is -2.13. The molecule has 2 N–H and O–H groups in total. The molecule has 0 bridgehead atoms. The Morgan fingerprint density at radius 2 is 1.59 bits per heavy atom. The molecule has 0 aliphatic rings. The Bertz CT molecular complexity index is 992. The summed E-state index contributed by atoms with van der Waals surface area (Å²) < 4.78 is 13.2. The number of carbonyl (C=O) groups is 2. The van der Waals surface area contributed by atoms with E-state index in [4.69, 9.17) is 11.6 Å². The van der Waals surface area contributed by atoms with Crippen LogP contribution in [0.15, 0.2) is 54.9 Å². The van der Waals surface area contributed by atoms with E-state index in [9.17, 15) is 14.0 Å². The summed E-state index contributed by atoms with van der Waals surface area (Å²) in [5.41, 5.74) is 1.89. The third-order valence-corrected chi connectivity index (χ3v) is 3.93. The number of hydrogen-bond donors (Lipinski definition) is 2. The number of anilines is 3. The van der Waals surface area contributed by atoms with Crippen molar-refractivity contribution >= 4 is 40.6 Å². The summed E-state index contributed by atoms with van der Waals surface area (Å²) in [7, 11) is 0. The zero-order valence-corrected chi connectivity index (χ0v) is 14.9. The summed E-state index contributed by atoms with van der Waals surface area (Å²) in [6.07, 6.45) is 2.72. The minimum Gasteiger partial charge on any atom is -0.324 e. The number of ketones is 1. The lowest BCUT2D eigenvalue weighted by molar-refractivity contribution is 0.101. The fraction of sp³-hybridized carbons (Fsp3) is 0.0526. The molecule has 0 atom stereocenters. The van der Waals surface area contributed by atoms with E-state index in [1.807, 2.05) is 0 Å². The number of amides is 1. The second-order valence-corrected chi connectivity index (χ2v) is 6.04. The zero-order valence-electron chi connectivity index (χ0n) is 14.2. The number of nitrogens with zero attached hydrogens (tertiary/aromatic N) is 2. The number of nitrogens with one attached hydrogen (secondary N) is 2. The summed E-state index contributed by atoms with van der Waals surface area (Å²) in [5.74, 6) is -0.722. The molecule has 1 aromatic heterocycles. The normalized spacial score (nSPS) is 10.3. The highest BCUT2D eigenvalue weighted by Gasteiger charge is 2.09. The SMILES string of the molecule is CC(=O)c1ccc(NC(=O)c2cnc(Nc3ccc(F)c(Cl)c3)nc2)cc1. The van der Waals surface area contributed by atoms with Gasteiger partial charge >= 0.3 is 0 Å². The maximum absolute atomic E-state index is 13.2. The van der Waals surface area contributed by atoms with E-state index in [2.05, 4.69) is 20.6 Å². The molecule has 2 aromatic carbocycles. The average molecular weight is 385 g/mol. The van der Waals surface area contributed by atoms with Crippen LogP contribution in [0, 0.1) is 5.82 Å². The Hall–Kier alpha value is -3.32. The molecule has 136 valence electrons. The topological polar surface area (TPSA) is 84.0 Å². The van der Waals surface area contributed by atoms with Crippen molar-refractivity contribution in [2.45, 2.75) is 6.92 Å². The predicted molar refractivity (Wildman–Crippen MR) is 101 cm³/mol. The highest BCUT2D eigenvalue weighted by atomic mass is 35.5. The van der Waals surface area contributed by atoms with E-state index in [1.165, 1.54) is 37.5 Å². The molecule has 0 spiro atoms. The van der Waals surface area contributed by atoms with Crippen LogP contribution < -0.4 is 10.6 Å². The molecule has 0 unspecified atom stereocenters. The van der Waals surface area contributed by atoms with Crippen molar-refractivity contribution in [2.75, 3.05) is 10.6 Å². The summed E-state index contributed by atoms with van der Waals surface area (Å²) >= 11 is 5.72. The summed E-state index contributed by atoms with van der Waals surface area (Å²) in [6, 6.07) is 10.7. The van der Waals surface area contributed by atoms with Gasteiger partial charge in [-0.1, -0.05) is 11.6 Å². The van der Waals surface area contributed by atoms with Gasteiger partial charge in [-0.25, -0.2) is 14.4 Å². The van der Waals surface area contributed by atoms with Gasteiger partial charge in [-0.05, 0) is 49.4 Å². The van der Waals surface area contributed by atoms with Crippen LogP contribution in [0.4, 0.5) is 21.7 Å². The highest BCUT2D eigenvalue weighted by molar-refractivity contribution is 6.31. The van der Waals surface area contributed by atoms with Crippen molar-refractivity contribution in [3.8, 4) is 0 Å². The van der Waals surface area contributed by atoms with Crippen molar-refractivity contribution in [1.82, 2.24) is 9.97 Å². The first kappa shape index (κ1) is 18.5. The highest BCUT2D eigenvalue weighted by Crippen LogP contribution is 2.21. The van der Waals surface area contributed by atoms with E-state index in [-0.39, 0.29) is 28.2 Å². The van der Waals surface area contributed by atoms with Crippen LogP contribution in [0.3, 0.4) is 0 Å². The van der Waals surface area contributed by atoms with E-state index in [0.717, 1.165) is 0 Å². The van der Waals surface area contributed by atoms with Crippen molar-refractivity contribution < 1.29 is 14.0 Å². The minimum atomic E-state index is -0.522. The third kappa shape index (κ3) is 4.65. The molecule has 8 heteroatoms. The van der Waals surface area contributed by atoms with Crippen LogP contribution in [0.25, 0.3) is 0 Å². The third-order valence-electron chi connectivity index (χ3n) is 3.64. The number of Topliss-reactive ketones (excluding diaryl/α,β-unsaturated/α-hetero) is 1. The van der Waals surface area contributed by atoms with E-state index in [0.29, 0.717) is 16.9 Å². The summed E-state index contributed by atoms with van der Waals surface area (Å²) in [5, 5.41) is 5.54. The molecule has 0 saturated carbocycles. The molecule has 1 amide bonds. The standard InChI is InChI=1S/C19H14ClFN4O2/c1-11(26)12-2-4-14(5-3-12)24-18(27)13-9-22-19(23-10-13)25-15-6-7-17(21)16(20)8-15/h2-10H,1H3,(H,24,27)(H,22,23,25). The first-order valence-electron chi connectivity index (χ1n) is 7.89. The quantitative estimate of drug-likeness (QED) is 0.634. The van der Waals surface area contributed by atoms with Gasteiger partial charge in [-0.15, -0.1) is 0 Å². The number of rotatable bonds is 5. The average Bonchev–Trinajstić information content (AvgIpc) is 2.66. The maximum Gasteiger partial charge on any atom is 0.258 e. The van der Waals surface area contributed by atoms with Gasteiger partial charge in [0.25, 0.3) is 5.91 Å². The molecular weight excluding hydrogens is 371 g/mol. The molecule has 0 aliphatic heterocycles. The van der Waals surface area contributed by atoms with Crippen molar-refractivity contribution in [3.05, 3.63) is 76.8 Å². The fourth-order valence-electron chi connectivity index (χ4n) is 2.20. The molecule has 1 heterocycles. The maximum atomic E-state index is 13.2. The molecule has 27 heavy (non-hydrogen) atoms. The first-order chi connectivity index (χ1) is 12.9. The Kier molecular flexibility index (Phi) is 5.42. The number of hydrogen-bond acceptors (Lipinski definition) is 5. The van der Waals surface area contributed by atoms with Crippen LogP contribution in [0.2, 0.25) is 5.02 Å². The predicted octanol–water partition coefficient (Wildman–Crippen LogP) is 4.47. The van der Waals surface area contributed by atoms with Crippen LogP contribution in [-0.4, -0.2) is 21.7 Å². The van der Waals surface area contributed by atoms with Gasteiger partial charge in [-0.2, -0.15) is 0 Å². The van der Waals surface area contributed by atoms with E-state index < -0.39 is 5.82 Å². The molecule has 3 aromatic rings. The molecule has 0 radical (unpaired) electrons. The molecule has 0 fully saturated rings. The second kappa shape index (κ2) is 7.92. The fourth-order valence-corrected chi connectivity index (χ4v) is 2.38. The lowest BCUT2D eigenvalue weighted by Gasteiger charge is -2.07. The van der Waals surface area contributed by atoms with Crippen LogP contribution >= 0.6 is 11.6 Å². The molecule has 3 rings (SSSR count). The van der Waals surface area contributed by atoms with Gasteiger partial charge in [0.05, 0.1) is 10.6 Å². The van der Waals surface area contributed by atoms with Crippen LogP contribution in [0.1, 0.15) is 27.6 Å². The molecule has 0 aliphatic carbocycles. The van der Waals surface area contributed by atoms with Crippen LogP contribution in [-0.2, 0) is 0 Å². The number of carbonyl (C=O) groups excluding carboxylic acids is 2. The van der Waals surface area contributed by atoms with Gasteiger partial charge in [0.15, 0.2) is 5.78 Å². The number of benzene rings is 2. The van der Waals surface area contributed by atoms with Gasteiger partial charge in [-0.3, -0.25) is 9.59 Å². The van der Waals surface area contributed by atoms with Crippen molar-refractivity contribution in [1.29, 1.82) is 0 Å². The minimum absolute atomic E-state index is 0.0215. The van der Waals surface area contributed by atoms with Gasteiger partial charge in [0.1, 0.15) is 5.82 Å².